The number of aliphatic hydroxyl groups is 3. The van der Waals surface area contributed by atoms with Gasteiger partial charge in [-0.2, -0.15) is 0 Å². The summed E-state index contributed by atoms with van der Waals surface area (Å²) >= 11 is 0. The van der Waals surface area contributed by atoms with Crippen LogP contribution >= 0.6 is 0 Å². The van der Waals surface area contributed by atoms with Crippen molar-refractivity contribution in [3.63, 3.8) is 0 Å². The summed E-state index contributed by atoms with van der Waals surface area (Å²) in [6, 6.07) is 3.06. The molecule has 9 nitrogen and oxygen atoms in total. The van der Waals surface area contributed by atoms with Gasteiger partial charge in [0.05, 0.1) is 24.2 Å². The maximum absolute atomic E-state index is 13.2. The third kappa shape index (κ3) is 3.94. The molecule has 10 heteroatoms. The van der Waals surface area contributed by atoms with Crippen LogP contribution in [0.1, 0.15) is 30.1 Å². The molecule has 0 unspecified atom stereocenters. The summed E-state index contributed by atoms with van der Waals surface area (Å²) in [6.07, 6.45) is -3.56. The first kappa shape index (κ1) is 23.5. The monoisotopic (exact) mass is 453 g/mol. The Bertz CT molecular complexity index is 828. The van der Waals surface area contributed by atoms with E-state index < -0.39 is 66.2 Å². The van der Waals surface area contributed by atoms with Crippen LogP contribution in [0.4, 0.5) is 4.39 Å². The van der Waals surface area contributed by atoms with Crippen LogP contribution in [0, 0.1) is 11.7 Å². The Morgan fingerprint density at radius 3 is 2.34 bits per heavy atom. The first-order chi connectivity index (χ1) is 15.2. The average molecular weight is 454 g/mol. The largest absolute Gasteiger partial charge is 0.390 e. The van der Waals surface area contributed by atoms with Crippen LogP contribution in [0.3, 0.4) is 0 Å². The zero-order valence-corrected chi connectivity index (χ0v) is 18.4. The summed E-state index contributed by atoms with van der Waals surface area (Å²) in [7, 11) is 3.31. The number of hydrogen-bond donors (Lipinski definition) is 6. The number of likely N-dealkylation sites (N-methyl/N-ethyl adjacent to an activating group) is 2. The normalized spacial score (nSPS) is 43.8. The molecule has 1 saturated heterocycles. The first-order valence-electron chi connectivity index (χ1n) is 11.0. The summed E-state index contributed by atoms with van der Waals surface area (Å²) in [5, 5.41) is 42.0. The molecule has 178 valence electrons. The van der Waals surface area contributed by atoms with Gasteiger partial charge in [0.2, 0.25) is 5.79 Å². The fraction of sp³-hybridized carbons (Fsp3) is 0.682. The van der Waals surface area contributed by atoms with E-state index in [-0.39, 0.29) is 11.5 Å². The lowest BCUT2D eigenvalue weighted by Crippen LogP contribution is -2.78. The second kappa shape index (κ2) is 8.94. The van der Waals surface area contributed by atoms with Gasteiger partial charge in [-0.15, -0.1) is 0 Å². The topological polar surface area (TPSA) is 132 Å². The first-order valence-corrected chi connectivity index (χ1v) is 11.0. The fourth-order valence-corrected chi connectivity index (χ4v) is 5.35. The SMILES string of the molecule is CN[C@@H]1[C@H](O)[C@H](NC)[C@H]2O[C@@]3(O)[C@H](NC(=O)c4ccc(F)cc4)C[C@@H](C)C[C@H]3O[C@@H]2[C@H]1O. The molecule has 1 aromatic rings. The van der Waals surface area contributed by atoms with Gasteiger partial charge in [-0.25, -0.2) is 4.39 Å². The van der Waals surface area contributed by atoms with Gasteiger partial charge in [0, 0.05) is 5.56 Å². The Balaban J connectivity index is 1.60. The van der Waals surface area contributed by atoms with Crippen molar-refractivity contribution in [2.45, 2.75) is 74.2 Å². The molecule has 3 aliphatic rings. The molecule has 1 aliphatic heterocycles. The molecule has 0 aromatic heterocycles. The van der Waals surface area contributed by atoms with Gasteiger partial charge in [-0.1, -0.05) is 6.92 Å². The number of amides is 1. The summed E-state index contributed by atoms with van der Waals surface area (Å²) in [4.78, 5) is 12.8. The lowest BCUT2D eigenvalue weighted by atomic mass is 9.75. The average Bonchev–Trinajstić information content (AvgIpc) is 2.75. The third-order valence-corrected chi connectivity index (χ3v) is 7.06. The van der Waals surface area contributed by atoms with E-state index in [2.05, 4.69) is 16.0 Å². The van der Waals surface area contributed by atoms with Crippen LogP contribution < -0.4 is 16.0 Å². The van der Waals surface area contributed by atoms with E-state index in [0.717, 1.165) is 0 Å². The lowest BCUT2D eigenvalue weighted by molar-refractivity contribution is -0.392. The molecule has 2 saturated carbocycles. The number of benzene rings is 1. The lowest BCUT2D eigenvalue weighted by Gasteiger charge is -2.58. The van der Waals surface area contributed by atoms with Gasteiger partial charge in [0.25, 0.3) is 5.91 Å². The Morgan fingerprint density at radius 1 is 1.06 bits per heavy atom. The second-order valence-electron chi connectivity index (χ2n) is 9.14. The highest BCUT2D eigenvalue weighted by Crippen LogP contribution is 2.44. The molecule has 3 fully saturated rings. The smallest absolute Gasteiger partial charge is 0.251 e. The molecule has 0 spiro atoms. The minimum Gasteiger partial charge on any atom is -0.390 e. The number of nitrogens with one attached hydrogen (secondary N) is 3. The number of hydrogen-bond acceptors (Lipinski definition) is 8. The second-order valence-corrected chi connectivity index (χ2v) is 9.14. The van der Waals surface area contributed by atoms with Crippen LogP contribution in [-0.2, 0) is 9.47 Å². The number of fused-ring (bicyclic) bond motifs is 2. The molecule has 0 radical (unpaired) electrons. The summed E-state index contributed by atoms with van der Waals surface area (Å²) in [5.41, 5.74) is 0.257. The molecular formula is C22H32FN3O6. The molecule has 0 bridgehead atoms. The molecule has 10 atom stereocenters. The third-order valence-electron chi connectivity index (χ3n) is 7.06. The van der Waals surface area contributed by atoms with E-state index in [9.17, 15) is 24.5 Å². The number of rotatable bonds is 4. The summed E-state index contributed by atoms with van der Waals surface area (Å²) < 4.78 is 25.6. The molecule has 1 amide bonds. The zero-order valence-electron chi connectivity index (χ0n) is 18.4. The van der Waals surface area contributed by atoms with Crippen molar-refractivity contribution in [1.82, 2.24) is 16.0 Å². The van der Waals surface area contributed by atoms with E-state index in [1.54, 1.807) is 14.1 Å². The predicted octanol–water partition coefficient (Wildman–Crippen LogP) is -0.893. The Morgan fingerprint density at radius 2 is 1.72 bits per heavy atom. The summed E-state index contributed by atoms with van der Waals surface area (Å²) in [6.45, 7) is 1.99. The molecular weight excluding hydrogens is 421 g/mol. The number of aliphatic hydroxyl groups excluding tert-OH is 2. The van der Waals surface area contributed by atoms with Gasteiger partial charge in [0.15, 0.2) is 0 Å². The number of halogens is 1. The van der Waals surface area contributed by atoms with E-state index in [1.807, 2.05) is 6.92 Å². The van der Waals surface area contributed by atoms with Gasteiger partial charge in [-0.05, 0) is 57.1 Å². The predicted molar refractivity (Wildman–Crippen MR) is 112 cm³/mol. The zero-order chi connectivity index (χ0) is 23.2. The van der Waals surface area contributed by atoms with Crippen LogP contribution in [0.15, 0.2) is 24.3 Å². The van der Waals surface area contributed by atoms with E-state index in [0.29, 0.717) is 12.8 Å². The van der Waals surface area contributed by atoms with E-state index in [4.69, 9.17) is 9.47 Å². The van der Waals surface area contributed by atoms with Crippen LogP contribution in [0.25, 0.3) is 0 Å². The number of ether oxygens (including phenoxy) is 2. The molecule has 2 aliphatic carbocycles. The van der Waals surface area contributed by atoms with Gasteiger partial charge < -0.3 is 40.7 Å². The van der Waals surface area contributed by atoms with Gasteiger partial charge in [0.1, 0.15) is 30.2 Å². The number of carbonyl (C=O) groups excluding carboxylic acids is 1. The standard InChI is InChI=1S/C22H32FN3O6/c1-10-8-13(26-21(29)11-4-6-12(23)7-5-11)22(30)14(9-10)31-20-18(28)15(24-2)17(27)16(25-3)19(20)32-22/h4-7,10,13-20,24-25,27-28,30H,8-9H2,1-3H3,(H,26,29)/t10-,13-,14-,15-,16+,17+,18+,19-,20-,22+/m1/s1. The van der Waals surface area contributed by atoms with Crippen molar-refractivity contribution >= 4 is 5.91 Å². The number of carbonyl (C=O) groups is 1. The minimum atomic E-state index is -1.86. The quantitative estimate of drug-likeness (QED) is 0.346. The van der Waals surface area contributed by atoms with E-state index >= 15 is 0 Å². The maximum atomic E-state index is 13.2. The van der Waals surface area contributed by atoms with Crippen LogP contribution in [-0.4, -0.2) is 89.8 Å². The van der Waals surface area contributed by atoms with E-state index in [1.165, 1.54) is 24.3 Å². The van der Waals surface area contributed by atoms with Crippen molar-refractivity contribution in [2.75, 3.05) is 14.1 Å². The highest BCUT2D eigenvalue weighted by molar-refractivity contribution is 5.94. The highest BCUT2D eigenvalue weighted by Gasteiger charge is 2.62. The van der Waals surface area contributed by atoms with Crippen molar-refractivity contribution in [3.8, 4) is 0 Å². The Kier molecular flexibility index (Phi) is 6.56. The highest BCUT2D eigenvalue weighted by atomic mass is 19.1. The van der Waals surface area contributed by atoms with Crippen molar-refractivity contribution in [1.29, 1.82) is 0 Å². The summed E-state index contributed by atoms with van der Waals surface area (Å²) in [5.74, 6) is -2.67. The van der Waals surface area contributed by atoms with Gasteiger partial charge in [-0.3, -0.25) is 4.79 Å². The van der Waals surface area contributed by atoms with Gasteiger partial charge >= 0.3 is 0 Å². The van der Waals surface area contributed by atoms with Crippen LogP contribution in [0.2, 0.25) is 0 Å². The van der Waals surface area contributed by atoms with Crippen molar-refractivity contribution in [2.24, 2.45) is 5.92 Å². The molecule has 4 rings (SSSR count). The molecule has 32 heavy (non-hydrogen) atoms. The van der Waals surface area contributed by atoms with Crippen LogP contribution in [0.5, 0.6) is 0 Å². The fourth-order valence-electron chi connectivity index (χ4n) is 5.35. The van der Waals surface area contributed by atoms with Crippen molar-refractivity contribution in [3.05, 3.63) is 35.6 Å². The molecule has 1 aromatic carbocycles. The van der Waals surface area contributed by atoms with Crippen molar-refractivity contribution < 1.29 is 34.0 Å². The Hall–Kier alpha value is -1.66. The Labute approximate surface area is 186 Å². The molecule has 6 N–H and O–H groups in total. The molecule has 1 heterocycles. The maximum Gasteiger partial charge on any atom is 0.251 e. The minimum absolute atomic E-state index is 0.102.